The zero-order valence-corrected chi connectivity index (χ0v) is 10.9. The molecule has 0 atom stereocenters. The van der Waals surface area contributed by atoms with Gasteiger partial charge >= 0.3 is 5.97 Å². The van der Waals surface area contributed by atoms with Crippen molar-refractivity contribution in [1.82, 2.24) is 9.47 Å². The molecule has 1 aromatic rings. The Morgan fingerprint density at radius 3 is 2.67 bits per heavy atom. The van der Waals surface area contributed by atoms with Crippen molar-refractivity contribution in [3.05, 3.63) is 24.0 Å². The summed E-state index contributed by atoms with van der Waals surface area (Å²) in [5, 5.41) is 8.96. The van der Waals surface area contributed by atoms with Crippen LogP contribution in [0.25, 0.3) is 0 Å². The Morgan fingerprint density at radius 2 is 2.11 bits per heavy atom. The molecule has 0 bridgehead atoms. The molecule has 1 N–H and O–H groups in total. The number of rotatable bonds is 7. The van der Waals surface area contributed by atoms with Crippen molar-refractivity contribution in [2.45, 2.75) is 33.2 Å². The number of carbonyl (C=O) groups excluding carboxylic acids is 1. The SMILES string of the molecule is CCCCN(CC)C(=O)Cn1cccc1C(=O)O. The molecule has 1 rings (SSSR count). The van der Waals surface area contributed by atoms with Crippen LogP contribution in [0.2, 0.25) is 0 Å². The smallest absolute Gasteiger partial charge is 0.352 e. The standard InChI is InChI=1S/C13H20N2O3/c1-3-5-8-14(4-2)12(16)10-15-9-6-7-11(15)13(17)18/h6-7,9H,3-5,8,10H2,1-2H3,(H,17,18). The topological polar surface area (TPSA) is 62.5 Å². The highest BCUT2D eigenvalue weighted by Gasteiger charge is 2.15. The Labute approximate surface area is 107 Å². The summed E-state index contributed by atoms with van der Waals surface area (Å²) < 4.78 is 1.47. The summed E-state index contributed by atoms with van der Waals surface area (Å²) in [7, 11) is 0. The number of nitrogens with zero attached hydrogens (tertiary/aromatic N) is 2. The van der Waals surface area contributed by atoms with Crippen LogP contribution in [-0.4, -0.2) is 39.5 Å². The molecule has 1 heterocycles. The highest BCUT2D eigenvalue weighted by atomic mass is 16.4. The van der Waals surface area contributed by atoms with E-state index in [1.54, 1.807) is 17.2 Å². The predicted molar refractivity (Wildman–Crippen MR) is 68.6 cm³/mol. The van der Waals surface area contributed by atoms with Crippen molar-refractivity contribution < 1.29 is 14.7 Å². The maximum absolute atomic E-state index is 12.0. The number of likely N-dealkylation sites (N-methyl/N-ethyl adjacent to an activating group) is 1. The fraction of sp³-hybridized carbons (Fsp3) is 0.538. The molecule has 0 aliphatic heterocycles. The van der Waals surface area contributed by atoms with Gasteiger partial charge in [0.05, 0.1) is 0 Å². The molecule has 0 unspecified atom stereocenters. The molecule has 0 saturated heterocycles. The minimum atomic E-state index is -1.01. The first kappa shape index (κ1) is 14.3. The lowest BCUT2D eigenvalue weighted by Gasteiger charge is -2.21. The number of aromatic carboxylic acids is 1. The normalized spacial score (nSPS) is 10.3. The zero-order chi connectivity index (χ0) is 13.5. The van der Waals surface area contributed by atoms with E-state index in [0.29, 0.717) is 6.54 Å². The molecular formula is C13H20N2O3. The van der Waals surface area contributed by atoms with Crippen LogP contribution in [0.4, 0.5) is 0 Å². The first-order valence-electron chi connectivity index (χ1n) is 6.26. The number of carboxylic acid groups (broad SMARTS) is 1. The summed E-state index contributed by atoms with van der Waals surface area (Å²) in [6, 6.07) is 3.14. The molecule has 5 heteroatoms. The van der Waals surface area contributed by atoms with Gasteiger partial charge in [0.25, 0.3) is 0 Å². The highest BCUT2D eigenvalue weighted by Crippen LogP contribution is 2.04. The van der Waals surface area contributed by atoms with Gasteiger partial charge in [-0.3, -0.25) is 4.79 Å². The Hall–Kier alpha value is -1.78. The van der Waals surface area contributed by atoms with E-state index in [4.69, 9.17) is 5.11 Å². The van der Waals surface area contributed by atoms with Crippen LogP contribution in [0.15, 0.2) is 18.3 Å². The van der Waals surface area contributed by atoms with Gasteiger partial charge in [0.2, 0.25) is 5.91 Å². The van der Waals surface area contributed by atoms with E-state index in [0.717, 1.165) is 19.4 Å². The summed E-state index contributed by atoms with van der Waals surface area (Å²) in [6.45, 7) is 5.48. The number of carbonyl (C=O) groups is 2. The van der Waals surface area contributed by atoms with Crippen molar-refractivity contribution in [2.75, 3.05) is 13.1 Å². The largest absolute Gasteiger partial charge is 0.477 e. The van der Waals surface area contributed by atoms with Gasteiger partial charge in [0.15, 0.2) is 0 Å². The second-order valence-corrected chi connectivity index (χ2v) is 4.15. The van der Waals surface area contributed by atoms with Gasteiger partial charge < -0.3 is 14.6 Å². The molecule has 0 fully saturated rings. The average molecular weight is 252 g/mol. The molecule has 0 radical (unpaired) electrons. The van der Waals surface area contributed by atoms with Crippen molar-refractivity contribution in [1.29, 1.82) is 0 Å². The van der Waals surface area contributed by atoms with Gasteiger partial charge in [0, 0.05) is 19.3 Å². The minimum absolute atomic E-state index is 0.0374. The summed E-state index contributed by atoms with van der Waals surface area (Å²) in [5.41, 5.74) is 0.148. The van der Waals surface area contributed by atoms with Gasteiger partial charge in [-0.25, -0.2) is 4.79 Å². The molecular weight excluding hydrogens is 232 g/mol. The Bertz CT molecular complexity index is 412. The minimum Gasteiger partial charge on any atom is -0.477 e. The first-order valence-corrected chi connectivity index (χ1v) is 6.26. The number of unbranched alkanes of at least 4 members (excludes halogenated alkanes) is 1. The fourth-order valence-electron chi connectivity index (χ4n) is 1.80. The van der Waals surface area contributed by atoms with Gasteiger partial charge in [-0.05, 0) is 25.5 Å². The zero-order valence-electron chi connectivity index (χ0n) is 10.9. The van der Waals surface area contributed by atoms with E-state index in [1.165, 1.54) is 10.6 Å². The lowest BCUT2D eigenvalue weighted by atomic mass is 10.3. The van der Waals surface area contributed by atoms with E-state index < -0.39 is 5.97 Å². The van der Waals surface area contributed by atoms with Crippen LogP contribution >= 0.6 is 0 Å². The first-order chi connectivity index (χ1) is 8.60. The van der Waals surface area contributed by atoms with Gasteiger partial charge in [-0.1, -0.05) is 13.3 Å². The highest BCUT2D eigenvalue weighted by molar-refractivity contribution is 5.86. The monoisotopic (exact) mass is 252 g/mol. The maximum Gasteiger partial charge on any atom is 0.352 e. The molecule has 0 saturated carbocycles. The van der Waals surface area contributed by atoms with Crippen LogP contribution in [0.3, 0.4) is 0 Å². The molecule has 1 aromatic heterocycles. The summed E-state index contributed by atoms with van der Waals surface area (Å²) in [4.78, 5) is 24.7. The third-order valence-corrected chi connectivity index (χ3v) is 2.87. The van der Waals surface area contributed by atoms with Gasteiger partial charge in [-0.15, -0.1) is 0 Å². The molecule has 18 heavy (non-hydrogen) atoms. The summed E-state index contributed by atoms with van der Waals surface area (Å²) in [6.07, 6.45) is 3.62. The number of hydrogen-bond acceptors (Lipinski definition) is 2. The van der Waals surface area contributed by atoms with E-state index in [2.05, 4.69) is 6.92 Å². The summed E-state index contributed by atoms with van der Waals surface area (Å²) in [5.74, 6) is -1.05. The molecule has 0 aliphatic carbocycles. The van der Waals surface area contributed by atoms with Crippen molar-refractivity contribution in [3.63, 3.8) is 0 Å². The average Bonchev–Trinajstić information content (AvgIpc) is 2.78. The predicted octanol–water partition coefficient (Wildman–Crippen LogP) is 1.83. The lowest BCUT2D eigenvalue weighted by molar-refractivity contribution is -0.131. The Balaban J connectivity index is 2.67. The second-order valence-electron chi connectivity index (χ2n) is 4.15. The molecule has 0 aliphatic rings. The third-order valence-electron chi connectivity index (χ3n) is 2.87. The van der Waals surface area contributed by atoms with Crippen LogP contribution < -0.4 is 0 Å². The molecule has 0 spiro atoms. The number of carboxylic acids is 1. The second kappa shape index (κ2) is 6.83. The fourth-order valence-corrected chi connectivity index (χ4v) is 1.80. The van der Waals surface area contributed by atoms with Crippen LogP contribution in [0.5, 0.6) is 0 Å². The molecule has 5 nitrogen and oxygen atoms in total. The number of hydrogen-bond donors (Lipinski definition) is 1. The number of amides is 1. The van der Waals surface area contributed by atoms with Crippen molar-refractivity contribution in [2.24, 2.45) is 0 Å². The van der Waals surface area contributed by atoms with Crippen LogP contribution in [-0.2, 0) is 11.3 Å². The quantitative estimate of drug-likeness (QED) is 0.805. The Morgan fingerprint density at radius 1 is 1.39 bits per heavy atom. The Kier molecular flexibility index (Phi) is 5.42. The van der Waals surface area contributed by atoms with E-state index in [-0.39, 0.29) is 18.1 Å². The number of aromatic nitrogens is 1. The third kappa shape index (κ3) is 3.61. The van der Waals surface area contributed by atoms with Gasteiger partial charge in [-0.2, -0.15) is 0 Å². The van der Waals surface area contributed by atoms with Crippen LogP contribution in [0, 0.1) is 0 Å². The van der Waals surface area contributed by atoms with Crippen molar-refractivity contribution >= 4 is 11.9 Å². The molecule has 0 aromatic carbocycles. The lowest BCUT2D eigenvalue weighted by Crippen LogP contribution is -2.34. The van der Waals surface area contributed by atoms with Crippen LogP contribution in [0.1, 0.15) is 37.2 Å². The van der Waals surface area contributed by atoms with Gasteiger partial charge in [0.1, 0.15) is 12.2 Å². The van der Waals surface area contributed by atoms with E-state index >= 15 is 0 Å². The van der Waals surface area contributed by atoms with Crippen molar-refractivity contribution in [3.8, 4) is 0 Å². The summed E-state index contributed by atoms with van der Waals surface area (Å²) >= 11 is 0. The van der Waals surface area contributed by atoms with E-state index in [9.17, 15) is 9.59 Å². The molecule has 1 amide bonds. The maximum atomic E-state index is 12.0. The van der Waals surface area contributed by atoms with E-state index in [1.807, 2.05) is 6.92 Å². The molecule has 100 valence electrons.